The molecule has 0 aliphatic heterocycles. The average Bonchev–Trinajstić information content (AvgIpc) is 2.30. The molecule has 2 aromatic carbocycles. The Balaban J connectivity index is 2.70. The Bertz CT molecular complexity index is 533. The van der Waals surface area contributed by atoms with E-state index in [1.54, 1.807) is 37.3 Å². The van der Waals surface area contributed by atoms with Gasteiger partial charge in [-0.05, 0) is 12.0 Å². The standard InChI is InChI=1S/C14H11F3/c1-2-10-11(15)8-12(16)13(14(10)17)9-6-4-3-5-7-9/h3-8H,2H2,1H3. The number of rotatable bonds is 2. The number of halogens is 3. The van der Waals surface area contributed by atoms with Crippen LogP contribution in [0.5, 0.6) is 0 Å². The second-order valence-corrected chi connectivity index (χ2v) is 3.73. The van der Waals surface area contributed by atoms with Gasteiger partial charge in [0, 0.05) is 11.6 Å². The highest BCUT2D eigenvalue weighted by Gasteiger charge is 2.18. The van der Waals surface area contributed by atoms with Crippen molar-refractivity contribution in [2.24, 2.45) is 0 Å². The van der Waals surface area contributed by atoms with Crippen molar-refractivity contribution in [1.29, 1.82) is 0 Å². The van der Waals surface area contributed by atoms with Gasteiger partial charge in [-0.2, -0.15) is 0 Å². The monoisotopic (exact) mass is 236 g/mol. The van der Waals surface area contributed by atoms with Gasteiger partial charge in [-0.3, -0.25) is 0 Å². The molecule has 0 spiro atoms. The fourth-order valence-electron chi connectivity index (χ4n) is 1.82. The Hall–Kier alpha value is -1.77. The molecule has 0 amide bonds. The Morgan fingerprint density at radius 3 is 2.18 bits per heavy atom. The third-order valence-corrected chi connectivity index (χ3v) is 2.68. The van der Waals surface area contributed by atoms with E-state index in [1.807, 2.05) is 0 Å². The molecule has 0 saturated carbocycles. The minimum absolute atomic E-state index is 0.0785. The van der Waals surface area contributed by atoms with Gasteiger partial charge in [0.1, 0.15) is 17.5 Å². The van der Waals surface area contributed by atoms with Crippen molar-refractivity contribution >= 4 is 0 Å². The molecule has 0 nitrogen and oxygen atoms in total. The molecule has 0 heterocycles. The Labute approximate surface area is 97.7 Å². The van der Waals surface area contributed by atoms with Gasteiger partial charge >= 0.3 is 0 Å². The van der Waals surface area contributed by atoms with Gasteiger partial charge < -0.3 is 0 Å². The van der Waals surface area contributed by atoms with Crippen LogP contribution in [0, 0.1) is 17.5 Å². The summed E-state index contributed by atoms with van der Waals surface area (Å²) in [5.41, 5.74) is 0.173. The molecule has 0 bridgehead atoms. The molecular weight excluding hydrogens is 225 g/mol. The van der Waals surface area contributed by atoms with Crippen LogP contribution in [0.15, 0.2) is 36.4 Å². The van der Waals surface area contributed by atoms with Crippen molar-refractivity contribution in [3.63, 3.8) is 0 Å². The summed E-state index contributed by atoms with van der Waals surface area (Å²) in [5, 5.41) is 0. The smallest absolute Gasteiger partial charge is 0.140 e. The summed E-state index contributed by atoms with van der Waals surface area (Å²) in [6.45, 7) is 1.63. The summed E-state index contributed by atoms with van der Waals surface area (Å²) >= 11 is 0. The van der Waals surface area contributed by atoms with Crippen LogP contribution < -0.4 is 0 Å². The van der Waals surface area contributed by atoms with E-state index < -0.39 is 17.5 Å². The summed E-state index contributed by atoms with van der Waals surface area (Å²) in [4.78, 5) is 0. The van der Waals surface area contributed by atoms with Gasteiger partial charge in [-0.25, -0.2) is 13.2 Å². The van der Waals surface area contributed by atoms with Crippen LogP contribution in [0.4, 0.5) is 13.2 Å². The maximum atomic E-state index is 14.0. The quantitative estimate of drug-likeness (QED) is 0.727. The first-order valence-corrected chi connectivity index (χ1v) is 5.37. The van der Waals surface area contributed by atoms with Crippen molar-refractivity contribution in [2.75, 3.05) is 0 Å². The highest BCUT2D eigenvalue weighted by molar-refractivity contribution is 5.65. The van der Waals surface area contributed by atoms with E-state index in [2.05, 4.69) is 0 Å². The predicted octanol–water partition coefficient (Wildman–Crippen LogP) is 4.33. The van der Waals surface area contributed by atoms with Crippen LogP contribution in [0.1, 0.15) is 12.5 Å². The Morgan fingerprint density at radius 2 is 1.59 bits per heavy atom. The van der Waals surface area contributed by atoms with Gasteiger partial charge in [-0.15, -0.1) is 0 Å². The van der Waals surface area contributed by atoms with Gasteiger partial charge in [0.05, 0.1) is 5.56 Å². The second-order valence-electron chi connectivity index (χ2n) is 3.73. The highest BCUT2D eigenvalue weighted by Crippen LogP contribution is 2.29. The van der Waals surface area contributed by atoms with Crippen LogP contribution in [-0.2, 0) is 6.42 Å². The second kappa shape index (κ2) is 4.62. The van der Waals surface area contributed by atoms with E-state index in [-0.39, 0.29) is 17.5 Å². The van der Waals surface area contributed by atoms with E-state index in [9.17, 15) is 13.2 Å². The molecule has 0 radical (unpaired) electrons. The summed E-state index contributed by atoms with van der Waals surface area (Å²) in [7, 11) is 0. The number of hydrogen-bond donors (Lipinski definition) is 0. The third kappa shape index (κ3) is 2.05. The van der Waals surface area contributed by atoms with Crippen molar-refractivity contribution < 1.29 is 13.2 Å². The zero-order valence-electron chi connectivity index (χ0n) is 9.31. The highest BCUT2D eigenvalue weighted by atomic mass is 19.1. The molecule has 0 aromatic heterocycles. The molecule has 0 aliphatic rings. The molecule has 88 valence electrons. The zero-order valence-corrected chi connectivity index (χ0v) is 9.31. The minimum atomic E-state index is -0.872. The minimum Gasteiger partial charge on any atom is -0.206 e. The first kappa shape index (κ1) is 11.7. The maximum Gasteiger partial charge on any atom is 0.140 e. The molecule has 0 aliphatic carbocycles. The SMILES string of the molecule is CCc1c(F)cc(F)c(-c2ccccc2)c1F. The molecule has 0 saturated heterocycles. The van der Waals surface area contributed by atoms with Crippen LogP contribution in [0.25, 0.3) is 11.1 Å². The topological polar surface area (TPSA) is 0 Å². The van der Waals surface area contributed by atoms with Crippen LogP contribution in [-0.4, -0.2) is 0 Å². The van der Waals surface area contributed by atoms with Gasteiger partial charge in [0.2, 0.25) is 0 Å². The zero-order chi connectivity index (χ0) is 12.4. The molecule has 0 N–H and O–H groups in total. The largest absolute Gasteiger partial charge is 0.206 e. The van der Waals surface area contributed by atoms with Gasteiger partial charge in [-0.1, -0.05) is 37.3 Å². The molecule has 17 heavy (non-hydrogen) atoms. The summed E-state index contributed by atoms with van der Waals surface area (Å²) in [6, 6.07) is 9.05. The molecule has 0 unspecified atom stereocenters. The lowest BCUT2D eigenvalue weighted by Gasteiger charge is -2.09. The van der Waals surface area contributed by atoms with Crippen LogP contribution in [0.3, 0.4) is 0 Å². The summed E-state index contributed by atoms with van der Waals surface area (Å²) in [5.74, 6) is -2.51. The van der Waals surface area contributed by atoms with E-state index in [0.29, 0.717) is 5.56 Å². The van der Waals surface area contributed by atoms with E-state index in [1.165, 1.54) is 0 Å². The number of hydrogen-bond acceptors (Lipinski definition) is 0. The first-order valence-electron chi connectivity index (χ1n) is 5.37. The molecule has 2 rings (SSSR count). The first-order chi connectivity index (χ1) is 8.15. The Morgan fingerprint density at radius 1 is 0.941 bits per heavy atom. The number of benzene rings is 2. The summed E-state index contributed by atoms with van der Waals surface area (Å²) in [6.07, 6.45) is 0.192. The lowest BCUT2D eigenvalue weighted by molar-refractivity contribution is 0.530. The molecular formula is C14H11F3. The van der Waals surface area contributed by atoms with Crippen molar-refractivity contribution in [3.8, 4) is 11.1 Å². The molecule has 0 fully saturated rings. The molecule has 3 heteroatoms. The van der Waals surface area contributed by atoms with Gasteiger partial charge in [0.15, 0.2) is 0 Å². The van der Waals surface area contributed by atoms with E-state index in [4.69, 9.17) is 0 Å². The molecule has 0 atom stereocenters. The lowest BCUT2D eigenvalue weighted by atomic mass is 10.00. The van der Waals surface area contributed by atoms with Crippen molar-refractivity contribution in [2.45, 2.75) is 13.3 Å². The summed E-state index contributed by atoms with van der Waals surface area (Å²) < 4.78 is 41.0. The maximum absolute atomic E-state index is 14.0. The van der Waals surface area contributed by atoms with Crippen LogP contribution in [0.2, 0.25) is 0 Å². The third-order valence-electron chi connectivity index (χ3n) is 2.68. The van der Waals surface area contributed by atoms with E-state index in [0.717, 1.165) is 6.07 Å². The van der Waals surface area contributed by atoms with Gasteiger partial charge in [0.25, 0.3) is 0 Å². The fraction of sp³-hybridized carbons (Fsp3) is 0.143. The van der Waals surface area contributed by atoms with Crippen molar-refractivity contribution in [1.82, 2.24) is 0 Å². The van der Waals surface area contributed by atoms with Crippen molar-refractivity contribution in [3.05, 3.63) is 59.4 Å². The van der Waals surface area contributed by atoms with Crippen LogP contribution >= 0.6 is 0 Å². The Kier molecular flexibility index (Phi) is 3.18. The predicted molar refractivity (Wildman–Crippen MR) is 61.1 cm³/mol. The normalized spacial score (nSPS) is 10.6. The molecule has 2 aromatic rings. The average molecular weight is 236 g/mol. The van der Waals surface area contributed by atoms with E-state index >= 15 is 0 Å². The fourth-order valence-corrected chi connectivity index (χ4v) is 1.82. The lowest BCUT2D eigenvalue weighted by Crippen LogP contribution is -2.00.